The Labute approximate surface area is 192 Å². The number of fused-ring (bicyclic) bond motifs is 2. The Balaban J connectivity index is 1.42. The highest BCUT2D eigenvalue weighted by Gasteiger charge is 2.43. The molecule has 0 aliphatic heterocycles. The van der Waals surface area contributed by atoms with Crippen molar-refractivity contribution in [1.29, 1.82) is 0 Å². The molecule has 178 valence electrons. The minimum absolute atomic E-state index is 0.141. The van der Waals surface area contributed by atoms with Gasteiger partial charge in [-0.3, -0.25) is 14.5 Å². The molecular weight excluding hydrogens is 470 g/mol. The second-order valence-electron chi connectivity index (χ2n) is 8.44. The van der Waals surface area contributed by atoms with Crippen LogP contribution in [0, 0.1) is 5.82 Å². The van der Waals surface area contributed by atoms with Gasteiger partial charge in [-0.05, 0) is 29.9 Å². The van der Waals surface area contributed by atoms with Gasteiger partial charge in [0.05, 0.1) is 17.5 Å². The summed E-state index contributed by atoms with van der Waals surface area (Å²) >= 11 is 0. The molecule has 1 aromatic carbocycles. The van der Waals surface area contributed by atoms with Crippen molar-refractivity contribution in [1.82, 2.24) is 34.3 Å². The van der Waals surface area contributed by atoms with E-state index < -0.39 is 29.8 Å². The van der Waals surface area contributed by atoms with Crippen molar-refractivity contribution in [2.45, 2.75) is 31.0 Å². The van der Waals surface area contributed by atoms with E-state index in [0.29, 0.717) is 22.3 Å². The molecule has 9 nitrogen and oxygen atoms in total. The van der Waals surface area contributed by atoms with E-state index in [0.717, 1.165) is 0 Å². The molecule has 0 bridgehead atoms. The zero-order chi connectivity index (χ0) is 24.5. The summed E-state index contributed by atoms with van der Waals surface area (Å²) in [6.45, 7) is -1.39. The van der Waals surface area contributed by atoms with Gasteiger partial charge in [0.15, 0.2) is 11.5 Å². The number of hydrogen-bond donors (Lipinski definition) is 2. The van der Waals surface area contributed by atoms with Crippen molar-refractivity contribution >= 4 is 16.6 Å². The fraction of sp³-hybridized carbons (Fsp3) is 0.227. The Bertz CT molecular complexity index is 1730. The Morgan fingerprint density at radius 2 is 1.94 bits per heavy atom. The zero-order valence-corrected chi connectivity index (χ0v) is 17.7. The van der Waals surface area contributed by atoms with E-state index in [-0.39, 0.29) is 39.6 Å². The summed E-state index contributed by atoms with van der Waals surface area (Å²) in [6, 6.07) is 4.80. The quantitative estimate of drug-likeness (QED) is 0.380. The van der Waals surface area contributed by atoms with Crippen LogP contribution in [0.25, 0.3) is 27.8 Å². The van der Waals surface area contributed by atoms with Gasteiger partial charge in [0.1, 0.15) is 12.1 Å². The summed E-state index contributed by atoms with van der Waals surface area (Å²) in [6.07, 6.45) is 1.60. The molecule has 1 aliphatic rings. The van der Waals surface area contributed by atoms with Gasteiger partial charge >= 0.3 is 11.9 Å². The summed E-state index contributed by atoms with van der Waals surface area (Å²) in [5.41, 5.74) is 0.483. The second kappa shape index (κ2) is 7.35. The first kappa shape index (κ1) is 21.3. The monoisotopic (exact) mass is 485 g/mol. The Hall–Kier alpha value is -4.29. The molecule has 4 heterocycles. The lowest BCUT2D eigenvalue weighted by molar-refractivity contribution is -0.141. The van der Waals surface area contributed by atoms with Crippen LogP contribution < -0.4 is 11.2 Å². The van der Waals surface area contributed by atoms with Gasteiger partial charge in [0, 0.05) is 29.5 Å². The number of rotatable bonds is 4. The molecule has 2 atom stereocenters. The number of H-pyrrole nitrogens is 2. The minimum Gasteiger partial charge on any atom is -0.313 e. The fourth-order valence-corrected chi connectivity index (χ4v) is 4.56. The van der Waals surface area contributed by atoms with Crippen LogP contribution in [0.1, 0.15) is 29.4 Å². The molecule has 5 aromatic rings. The highest BCUT2D eigenvalue weighted by Crippen LogP contribution is 2.56. The molecule has 6 rings (SSSR count). The van der Waals surface area contributed by atoms with Crippen LogP contribution in [0.4, 0.5) is 17.6 Å². The van der Waals surface area contributed by atoms with E-state index >= 15 is 4.39 Å². The average molecular weight is 485 g/mol. The predicted octanol–water partition coefficient (Wildman–Crippen LogP) is 3.10. The maximum absolute atomic E-state index is 15.5. The third-order valence-electron chi connectivity index (χ3n) is 6.17. The van der Waals surface area contributed by atoms with E-state index in [1.807, 2.05) is 0 Å². The number of alkyl halides is 3. The molecule has 13 heteroatoms. The number of halogens is 4. The lowest BCUT2D eigenvalue weighted by Crippen LogP contribution is -2.23. The topological polar surface area (TPSA) is 114 Å². The van der Waals surface area contributed by atoms with Crippen molar-refractivity contribution in [2.75, 3.05) is 0 Å². The summed E-state index contributed by atoms with van der Waals surface area (Å²) < 4.78 is 56.4. The SMILES string of the molecule is O=c1[nH]cc(-c2cc([C@H]3C[C@@H]3c3ccc4cnn(CC(F)(F)F)c4c3F)c3nccn3n2)c(=O)[nH]1. The molecule has 0 radical (unpaired) electrons. The number of hydrogen-bond acceptors (Lipinski definition) is 5. The maximum Gasteiger partial charge on any atom is 0.408 e. The normalized spacial score (nSPS) is 17.9. The highest BCUT2D eigenvalue weighted by atomic mass is 19.4. The van der Waals surface area contributed by atoms with Crippen molar-refractivity contribution in [3.63, 3.8) is 0 Å². The number of aromatic amines is 2. The Kier molecular flexibility index (Phi) is 4.47. The molecule has 0 amide bonds. The first-order valence-corrected chi connectivity index (χ1v) is 10.6. The predicted molar refractivity (Wildman–Crippen MR) is 116 cm³/mol. The first-order valence-electron chi connectivity index (χ1n) is 10.6. The standard InChI is InChI=1S/C22H15F4N7O2/c23-17-11(2-1-10-7-29-33(18(10)17)9-22(24,25)26)12-5-13(12)14-6-16(31-32-4-3-27-19(14)32)15-8-28-21(35)30-20(15)34/h1-4,6-8,12-13H,5,9H2,(H2,28,30,34,35)/t12-,13+/m1/s1. The Morgan fingerprint density at radius 3 is 2.71 bits per heavy atom. The molecule has 35 heavy (non-hydrogen) atoms. The molecule has 2 N–H and O–H groups in total. The van der Waals surface area contributed by atoms with Crippen LogP contribution in [-0.4, -0.2) is 40.5 Å². The smallest absolute Gasteiger partial charge is 0.313 e. The summed E-state index contributed by atoms with van der Waals surface area (Å²) in [7, 11) is 0. The third kappa shape index (κ3) is 3.59. The first-order chi connectivity index (χ1) is 16.7. The number of nitrogens with one attached hydrogen (secondary N) is 2. The molecule has 1 fully saturated rings. The van der Waals surface area contributed by atoms with Crippen molar-refractivity contribution in [3.8, 4) is 11.3 Å². The van der Waals surface area contributed by atoms with Crippen LogP contribution in [0.2, 0.25) is 0 Å². The molecule has 1 aliphatic carbocycles. The van der Waals surface area contributed by atoms with Gasteiger partial charge in [0.25, 0.3) is 5.56 Å². The van der Waals surface area contributed by atoms with Gasteiger partial charge in [-0.2, -0.15) is 23.4 Å². The van der Waals surface area contributed by atoms with Gasteiger partial charge in [0.2, 0.25) is 0 Å². The highest BCUT2D eigenvalue weighted by molar-refractivity contribution is 5.80. The van der Waals surface area contributed by atoms with Gasteiger partial charge in [-0.1, -0.05) is 12.1 Å². The zero-order valence-electron chi connectivity index (χ0n) is 17.7. The van der Waals surface area contributed by atoms with E-state index in [4.69, 9.17) is 0 Å². The van der Waals surface area contributed by atoms with Crippen LogP contribution in [0.3, 0.4) is 0 Å². The van der Waals surface area contributed by atoms with Crippen LogP contribution >= 0.6 is 0 Å². The summed E-state index contributed by atoms with van der Waals surface area (Å²) in [5, 5.41) is 8.38. The van der Waals surface area contributed by atoms with Crippen LogP contribution in [0.15, 0.2) is 52.6 Å². The minimum atomic E-state index is -4.54. The Morgan fingerprint density at radius 1 is 1.14 bits per heavy atom. The maximum atomic E-state index is 15.5. The fourth-order valence-electron chi connectivity index (χ4n) is 4.56. The molecule has 0 unspecified atom stereocenters. The molecule has 4 aromatic heterocycles. The molecular formula is C22H15F4N7O2. The van der Waals surface area contributed by atoms with Crippen LogP contribution in [-0.2, 0) is 6.54 Å². The van der Waals surface area contributed by atoms with E-state index in [2.05, 4.69) is 25.1 Å². The summed E-state index contributed by atoms with van der Waals surface area (Å²) in [4.78, 5) is 32.6. The van der Waals surface area contributed by atoms with Gasteiger partial charge in [-0.25, -0.2) is 18.7 Å². The molecule has 0 spiro atoms. The van der Waals surface area contributed by atoms with Crippen LogP contribution in [0.5, 0.6) is 0 Å². The summed E-state index contributed by atoms with van der Waals surface area (Å²) in [5.74, 6) is -1.24. The van der Waals surface area contributed by atoms with Gasteiger partial charge < -0.3 is 4.98 Å². The van der Waals surface area contributed by atoms with E-state index in [1.165, 1.54) is 23.1 Å². The second-order valence-corrected chi connectivity index (χ2v) is 8.44. The third-order valence-corrected chi connectivity index (χ3v) is 6.17. The lowest BCUT2D eigenvalue weighted by Gasteiger charge is -2.10. The number of imidazole rings is 1. The largest absolute Gasteiger partial charge is 0.408 e. The van der Waals surface area contributed by atoms with E-state index in [1.54, 1.807) is 24.4 Å². The lowest BCUT2D eigenvalue weighted by atomic mass is 10.0. The average Bonchev–Trinajstić information content (AvgIpc) is 3.22. The number of nitrogens with zero attached hydrogens (tertiary/aromatic N) is 5. The molecule has 1 saturated carbocycles. The van der Waals surface area contributed by atoms with Gasteiger partial charge in [-0.15, -0.1) is 0 Å². The van der Waals surface area contributed by atoms with Crippen molar-refractivity contribution in [3.05, 3.63) is 80.8 Å². The number of aromatic nitrogens is 7. The van der Waals surface area contributed by atoms with Crippen molar-refractivity contribution in [2.24, 2.45) is 0 Å². The molecule has 0 saturated heterocycles. The number of benzene rings is 1. The van der Waals surface area contributed by atoms with E-state index in [9.17, 15) is 22.8 Å². The van der Waals surface area contributed by atoms with Crippen molar-refractivity contribution < 1.29 is 17.6 Å².